The number of benzene rings is 1. The number of carbonyl (C=O) groups excluding carboxylic acids is 7. The van der Waals surface area contributed by atoms with Crippen LogP contribution in [-0.4, -0.2) is 118 Å². The summed E-state index contributed by atoms with van der Waals surface area (Å²) >= 11 is 0. The number of ether oxygens (including phenoxy) is 2. The number of amides is 7. The van der Waals surface area contributed by atoms with E-state index in [4.69, 9.17) is 20.2 Å². The average molecular weight is 1030 g/mol. The van der Waals surface area contributed by atoms with E-state index in [1.54, 1.807) is 44.4 Å². The molecule has 7 N–H and O–H groups in total. The third kappa shape index (κ3) is 11.5. The first-order chi connectivity index (χ1) is 35.4. The molecular formula is C53H68FN9O11. The van der Waals surface area contributed by atoms with Gasteiger partial charge in [0.25, 0.3) is 17.4 Å². The number of imide groups is 1. The molecule has 0 spiro atoms. The Balaban J connectivity index is 0.829. The van der Waals surface area contributed by atoms with Gasteiger partial charge < -0.3 is 46.1 Å². The maximum Gasteiger partial charge on any atom is 0.343 e. The quantitative estimate of drug-likeness (QED) is 0.0322. The Labute approximate surface area is 428 Å². The number of urea groups is 1. The van der Waals surface area contributed by atoms with Crippen LogP contribution in [0.5, 0.6) is 0 Å². The van der Waals surface area contributed by atoms with E-state index in [1.165, 1.54) is 23.1 Å². The lowest BCUT2D eigenvalue weighted by atomic mass is 9.81. The van der Waals surface area contributed by atoms with Gasteiger partial charge >= 0.3 is 12.0 Å². The number of halogens is 1. The minimum atomic E-state index is -1.97. The van der Waals surface area contributed by atoms with Gasteiger partial charge in [0.1, 0.15) is 31.2 Å². The van der Waals surface area contributed by atoms with E-state index in [9.17, 15) is 43.5 Å². The minimum absolute atomic E-state index is 0.0146. The van der Waals surface area contributed by atoms with E-state index in [0.29, 0.717) is 80.2 Å². The van der Waals surface area contributed by atoms with E-state index in [1.807, 2.05) is 0 Å². The summed E-state index contributed by atoms with van der Waals surface area (Å²) in [5.74, 6) is -3.41. The van der Waals surface area contributed by atoms with Crippen LogP contribution in [-0.2, 0) is 63.5 Å². The van der Waals surface area contributed by atoms with Gasteiger partial charge in [-0.3, -0.25) is 38.6 Å². The number of nitrogens with one attached hydrogen (secondary N) is 4. The van der Waals surface area contributed by atoms with Crippen LogP contribution in [0.2, 0.25) is 0 Å². The van der Waals surface area contributed by atoms with Crippen molar-refractivity contribution in [3.05, 3.63) is 74.3 Å². The first-order valence-electron chi connectivity index (χ1n) is 25.9. The molecular weight excluding hydrogens is 958 g/mol. The highest BCUT2D eigenvalue weighted by Crippen LogP contribution is 2.41. The number of piperidine rings is 1. The Hall–Kier alpha value is -6.58. The predicted molar refractivity (Wildman–Crippen MR) is 268 cm³/mol. The van der Waals surface area contributed by atoms with E-state index < -0.39 is 47.3 Å². The van der Waals surface area contributed by atoms with Crippen LogP contribution in [0.25, 0.3) is 22.3 Å². The maximum absolute atomic E-state index is 15.1. The molecule has 3 atom stereocenters. The number of aliphatic hydroxyl groups is 1. The van der Waals surface area contributed by atoms with Crippen molar-refractivity contribution in [2.75, 3.05) is 39.5 Å². The smallest absolute Gasteiger partial charge is 0.343 e. The zero-order chi connectivity index (χ0) is 53.0. The second-order valence-corrected chi connectivity index (χ2v) is 20.8. The van der Waals surface area contributed by atoms with Gasteiger partial charge in [-0.25, -0.2) is 19.0 Å². The fourth-order valence-corrected chi connectivity index (χ4v) is 11.0. The Bertz CT molecular complexity index is 2780. The van der Waals surface area contributed by atoms with Crippen molar-refractivity contribution in [1.82, 2.24) is 40.6 Å². The molecule has 2 fully saturated rings. The molecule has 1 saturated carbocycles. The van der Waals surface area contributed by atoms with Gasteiger partial charge in [-0.2, -0.15) is 0 Å². The lowest BCUT2D eigenvalue weighted by Gasteiger charge is -2.32. The molecule has 1 aromatic carbocycles. The van der Waals surface area contributed by atoms with Crippen LogP contribution in [0.15, 0.2) is 35.1 Å². The number of pyridine rings is 2. The molecule has 0 bridgehead atoms. The number of aromatic nitrogens is 2. The van der Waals surface area contributed by atoms with Crippen LogP contribution >= 0.6 is 0 Å². The van der Waals surface area contributed by atoms with Gasteiger partial charge in [-0.15, -0.1) is 0 Å². The minimum Gasteiger partial charge on any atom is -0.458 e. The molecule has 0 radical (unpaired) electrons. The summed E-state index contributed by atoms with van der Waals surface area (Å²) in [6.45, 7) is 9.74. The number of primary amides is 1. The number of hydrogen-bond donors (Lipinski definition) is 6. The fourth-order valence-electron chi connectivity index (χ4n) is 11.0. The lowest BCUT2D eigenvalue weighted by Crippen LogP contribution is -2.56. The van der Waals surface area contributed by atoms with Crippen LogP contribution in [0, 0.1) is 36.4 Å². The van der Waals surface area contributed by atoms with Crippen molar-refractivity contribution in [1.29, 1.82) is 0 Å². The van der Waals surface area contributed by atoms with E-state index in [0.717, 1.165) is 48.9 Å². The molecule has 1 unspecified atom stereocenters. The summed E-state index contributed by atoms with van der Waals surface area (Å²) in [7, 11) is 0. The molecule has 7 amide bonds. The predicted octanol–water partition coefficient (Wildman–Crippen LogP) is 3.03. The standard InChI is InChI=1S/C53H68FN9O11/c1-5-53(72)38-22-42-46-36(26-62(42)50(69)37(38)27-74-51(53)70)35(34-21-30(4)39(54)23-41(34)58-46)25-61-18-14-31(15-19-61)16-20-73-28-57-48(67)40(7-6-17-56-52(55)71)59-49(68)45(29(2)3)60-47(66)33-10-8-32(9-11-33)24-63-43(64)12-13-44(63)65/h12-13,21-23,29,31-33,40,45,72H,5-11,14-20,24-28H2,1-4H3,(H,57,67)(H,59,68)(H,60,66)(H3,55,56,71)/t32?,33?,40-,45-,53?/m0/s1. The molecule has 74 heavy (non-hydrogen) atoms. The molecule has 4 aliphatic heterocycles. The van der Waals surface area contributed by atoms with E-state index in [-0.39, 0.29) is 91.4 Å². The molecule has 1 saturated heterocycles. The Morgan fingerprint density at radius 1 is 0.946 bits per heavy atom. The number of aryl methyl sites for hydroxylation is 1. The molecule has 5 aliphatic rings. The summed E-state index contributed by atoms with van der Waals surface area (Å²) in [6, 6.07) is 2.22. The highest BCUT2D eigenvalue weighted by Gasteiger charge is 2.46. The Morgan fingerprint density at radius 3 is 2.34 bits per heavy atom. The van der Waals surface area contributed by atoms with Gasteiger partial charge in [0.2, 0.25) is 17.7 Å². The highest BCUT2D eigenvalue weighted by molar-refractivity contribution is 6.12. The number of cyclic esters (lactones) is 1. The van der Waals surface area contributed by atoms with Gasteiger partial charge in [0.05, 0.1) is 29.0 Å². The summed E-state index contributed by atoms with van der Waals surface area (Å²) in [5.41, 5.74) is 7.01. The molecule has 1 aliphatic carbocycles. The molecule has 8 rings (SSSR count). The molecule has 2 aromatic heterocycles. The Kier molecular flexibility index (Phi) is 16.6. The number of likely N-dealkylation sites (tertiary alicyclic amines) is 1. The van der Waals surface area contributed by atoms with Crippen LogP contribution in [0.4, 0.5) is 9.18 Å². The lowest BCUT2D eigenvalue weighted by molar-refractivity contribution is -0.172. The van der Waals surface area contributed by atoms with Crippen LogP contribution in [0.3, 0.4) is 0 Å². The SMILES string of the molecule is CCC1(O)C(=O)OCc2c1cc1n(c2=O)Cc2c-1nc1cc(F)c(C)cc1c2CN1CCC(CCOCNC(=O)[C@H](CCCNC(N)=O)NC(=O)[C@@H](NC(=O)C2CCC(CN3C(=O)C=CC3=O)CC2)C(C)C)CC1. The van der Waals surface area contributed by atoms with Crippen molar-refractivity contribution in [2.24, 2.45) is 29.4 Å². The maximum atomic E-state index is 15.1. The summed E-state index contributed by atoms with van der Waals surface area (Å²) in [5, 5.41) is 23.1. The zero-order valence-electron chi connectivity index (χ0n) is 42.6. The van der Waals surface area contributed by atoms with Crippen molar-refractivity contribution in [3.63, 3.8) is 0 Å². The summed E-state index contributed by atoms with van der Waals surface area (Å²) < 4.78 is 27.8. The van der Waals surface area contributed by atoms with Gasteiger partial charge in [-0.05, 0) is 125 Å². The fraction of sp³-hybridized carbons (Fsp3) is 0.566. The first-order valence-corrected chi connectivity index (χ1v) is 25.9. The first kappa shape index (κ1) is 53.7. The Morgan fingerprint density at radius 2 is 1.66 bits per heavy atom. The summed E-state index contributed by atoms with van der Waals surface area (Å²) in [4.78, 5) is 111. The van der Waals surface area contributed by atoms with Gasteiger partial charge in [0.15, 0.2) is 5.60 Å². The van der Waals surface area contributed by atoms with Crippen LogP contribution < -0.4 is 32.6 Å². The normalized spacial score (nSPS) is 21.5. The van der Waals surface area contributed by atoms with Gasteiger partial charge in [-0.1, -0.05) is 20.8 Å². The van der Waals surface area contributed by atoms with E-state index in [2.05, 4.69) is 26.2 Å². The third-order valence-electron chi connectivity index (χ3n) is 15.6. The summed E-state index contributed by atoms with van der Waals surface area (Å²) in [6.07, 6.45) is 7.88. The molecule has 20 nitrogen and oxygen atoms in total. The van der Waals surface area contributed by atoms with Crippen molar-refractivity contribution in [3.8, 4) is 11.4 Å². The number of nitrogens with two attached hydrogens (primary N) is 1. The highest BCUT2D eigenvalue weighted by atomic mass is 19.1. The second-order valence-electron chi connectivity index (χ2n) is 20.8. The zero-order valence-corrected chi connectivity index (χ0v) is 42.6. The number of esters is 1. The largest absolute Gasteiger partial charge is 0.458 e. The number of rotatable bonds is 20. The van der Waals surface area contributed by atoms with Crippen molar-refractivity contribution < 1.29 is 52.5 Å². The number of carbonyl (C=O) groups is 7. The molecule has 398 valence electrons. The molecule has 6 heterocycles. The van der Waals surface area contributed by atoms with Crippen LogP contribution in [0.1, 0.15) is 113 Å². The number of nitrogens with zero attached hydrogens (tertiary/aromatic N) is 4. The average Bonchev–Trinajstić information content (AvgIpc) is 3.90. The molecule has 3 aromatic rings. The molecule has 21 heteroatoms. The second kappa shape index (κ2) is 22.9. The topological polar surface area (TPSA) is 274 Å². The third-order valence-corrected chi connectivity index (χ3v) is 15.6. The monoisotopic (exact) mass is 1030 g/mol. The number of hydrogen-bond acceptors (Lipinski definition) is 13. The van der Waals surface area contributed by atoms with Crippen molar-refractivity contribution in [2.45, 2.75) is 129 Å². The van der Waals surface area contributed by atoms with Crippen molar-refractivity contribution >= 4 is 52.4 Å². The van der Waals surface area contributed by atoms with Gasteiger partial charge in [0, 0.05) is 66.9 Å². The number of fused-ring (bicyclic) bond motifs is 5. The van der Waals surface area contributed by atoms with E-state index >= 15 is 4.39 Å².